The van der Waals surface area contributed by atoms with E-state index in [2.05, 4.69) is 10.6 Å². The highest BCUT2D eigenvalue weighted by Gasteiger charge is 2.08. The average molecular weight is 132 g/mol. The fraction of sp³-hybridized carbons (Fsp3) is 1.00. The van der Waals surface area contributed by atoms with Gasteiger partial charge in [-0.1, -0.05) is 0 Å². The van der Waals surface area contributed by atoms with Gasteiger partial charge in [-0.15, -0.1) is 0 Å². The first-order valence-electron chi connectivity index (χ1n) is 3.22. The Bertz CT molecular complexity index is 68.1. The third-order valence-corrected chi connectivity index (χ3v) is 1.45. The SMILES string of the molecule is CNC[C@@H](O)[C@H](C)NC. The van der Waals surface area contributed by atoms with Gasteiger partial charge in [0.15, 0.2) is 0 Å². The standard InChI is InChI=1S/C6H16N2O/c1-5(8-3)6(9)4-7-2/h5-9H,4H2,1-3H3/t5-,6+/m0/s1. The van der Waals surface area contributed by atoms with Gasteiger partial charge >= 0.3 is 0 Å². The van der Waals surface area contributed by atoms with Crippen LogP contribution in [0.1, 0.15) is 6.92 Å². The second-order valence-electron chi connectivity index (χ2n) is 2.20. The van der Waals surface area contributed by atoms with Gasteiger partial charge in [0.1, 0.15) is 0 Å². The quantitative estimate of drug-likeness (QED) is 0.468. The van der Waals surface area contributed by atoms with E-state index in [0.29, 0.717) is 6.54 Å². The van der Waals surface area contributed by atoms with E-state index in [1.54, 1.807) is 0 Å². The minimum Gasteiger partial charge on any atom is -0.390 e. The lowest BCUT2D eigenvalue weighted by atomic mass is 10.2. The molecule has 0 heterocycles. The molecule has 2 atom stereocenters. The van der Waals surface area contributed by atoms with Crippen molar-refractivity contribution in [3.05, 3.63) is 0 Å². The topological polar surface area (TPSA) is 44.3 Å². The van der Waals surface area contributed by atoms with Gasteiger partial charge in [-0.05, 0) is 21.0 Å². The molecule has 0 fully saturated rings. The lowest BCUT2D eigenvalue weighted by Crippen LogP contribution is -2.40. The molecule has 56 valence electrons. The molecule has 0 bridgehead atoms. The number of hydrogen-bond acceptors (Lipinski definition) is 3. The van der Waals surface area contributed by atoms with Crippen LogP contribution >= 0.6 is 0 Å². The molecule has 0 aliphatic rings. The van der Waals surface area contributed by atoms with Gasteiger partial charge in [0.05, 0.1) is 6.10 Å². The Morgan fingerprint density at radius 2 is 2.00 bits per heavy atom. The van der Waals surface area contributed by atoms with E-state index in [1.807, 2.05) is 21.0 Å². The third-order valence-electron chi connectivity index (χ3n) is 1.45. The lowest BCUT2D eigenvalue weighted by Gasteiger charge is -2.16. The average Bonchev–Trinajstić information content (AvgIpc) is 1.87. The van der Waals surface area contributed by atoms with Crippen LogP contribution in [-0.4, -0.2) is 37.9 Å². The molecule has 0 amide bonds. The molecule has 0 unspecified atom stereocenters. The highest BCUT2D eigenvalue weighted by Crippen LogP contribution is 1.87. The molecule has 0 radical (unpaired) electrons. The summed E-state index contributed by atoms with van der Waals surface area (Å²) in [6.07, 6.45) is -0.292. The van der Waals surface area contributed by atoms with Crippen LogP contribution < -0.4 is 10.6 Å². The van der Waals surface area contributed by atoms with E-state index >= 15 is 0 Å². The van der Waals surface area contributed by atoms with Gasteiger partial charge in [0.2, 0.25) is 0 Å². The van der Waals surface area contributed by atoms with Crippen LogP contribution in [-0.2, 0) is 0 Å². The summed E-state index contributed by atoms with van der Waals surface area (Å²) in [5.41, 5.74) is 0. The summed E-state index contributed by atoms with van der Waals surface area (Å²) in [4.78, 5) is 0. The van der Waals surface area contributed by atoms with Crippen molar-refractivity contribution in [3.63, 3.8) is 0 Å². The molecule has 0 aliphatic carbocycles. The fourth-order valence-electron chi connectivity index (χ4n) is 0.578. The van der Waals surface area contributed by atoms with Crippen molar-refractivity contribution < 1.29 is 5.11 Å². The summed E-state index contributed by atoms with van der Waals surface area (Å²) < 4.78 is 0. The molecule has 3 nitrogen and oxygen atoms in total. The van der Waals surface area contributed by atoms with Gasteiger partial charge < -0.3 is 15.7 Å². The first kappa shape index (κ1) is 8.88. The van der Waals surface area contributed by atoms with E-state index in [0.717, 1.165) is 0 Å². The monoisotopic (exact) mass is 132 g/mol. The largest absolute Gasteiger partial charge is 0.390 e. The van der Waals surface area contributed by atoms with Gasteiger partial charge in [0.25, 0.3) is 0 Å². The molecule has 0 aromatic rings. The minimum atomic E-state index is -0.292. The highest BCUT2D eigenvalue weighted by atomic mass is 16.3. The molecule has 3 N–H and O–H groups in total. The highest BCUT2D eigenvalue weighted by molar-refractivity contribution is 4.69. The zero-order valence-electron chi connectivity index (χ0n) is 6.31. The van der Waals surface area contributed by atoms with E-state index in [9.17, 15) is 5.11 Å². The number of likely N-dealkylation sites (N-methyl/N-ethyl adjacent to an activating group) is 2. The van der Waals surface area contributed by atoms with E-state index < -0.39 is 0 Å². The maximum absolute atomic E-state index is 9.19. The number of hydrogen-bond donors (Lipinski definition) is 3. The Hall–Kier alpha value is -0.120. The van der Waals surface area contributed by atoms with Crippen molar-refractivity contribution in [2.75, 3.05) is 20.6 Å². The van der Waals surface area contributed by atoms with Crippen LogP contribution in [0, 0.1) is 0 Å². The first-order valence-corrected chi connectivity index (χ1v) is 3.22. The first-order chi connectivity index (χ1) is 4.22. The Labute approximate surface area is 56.5 Å². The Morgan fingerprint density at radius 3 is 2.33 bits per heavy atom. The van der Waals surface area contributed by atoms with Crippen LogP contribution in [0.15, 0.2) is 0 Å². The van der Waals surface area contributed by atoms with E-state index in [-0.39, 0.29) is 12.1 Å². The molecular weight excluding hydrogens is 116 g/mol. The van der Waals surface area contributed by atoms with Crippen molar-refractivity contribution in [2.24, 2.45) is 0 Å². The summed E-state index contributed by atoms with van der Waals surface area (Å²) in [7, 11) is 3.66. The maximum Gasteiger partial charge on any atom is 0.0814 e. The molecule has 3 heteroatoms. The second kappa shape index (κ2) is 4.73. The van der Waals surface area contributed by atoms with Crippen molar-refractivity contribution in [2.45, 2.75) is 19.1 Å². The second-order valence-corrected chi connectivity index (χ2v) is 2.20. The Balaban J connectivity index is 3.32. The summed E-state index contributed by atoms with van der Waals surface area (Å²) >= 11 is 0. The van der Waals surface area contributed by atoms with Crippen LogP contribution in [0.5, 0.6) is 0 Å². The predicted octanol–water partition coefficient (Wildman–Crippen LogP) is -0.825. The molecule has 0 saturated heterocycles. The number of aliphatic hydroxyl groups excluding tert-OH is 1. The van der Waals surface area contributed by atoms with Gasteiger partial charge in [0, 0.05) is 12.6 Å². The summed E-state index contributed by atoms with van der Waals surface area (Å²) in [6, 6.07) is 0.164. The van der Waals surface area contributed by atoms with Crippen molar-refractivity contribution in [1.29, 1.82) is 0 Å². The van der Waals surface area contributed by atoms with Crippen LogP contribution in [0.4, 0.5) is 0 Å². The van der Waals surface area contributed by atoms with E-state index in [4.69, 9.17) is 0 Å². The molecule has 9 heavy (non-hydrogen) atoms. The number of aliphatic hydroxyl groups is 1. The van der Waals surface area contributed by atoms with Gasteiger partial charge in [-0.3, -0.25) is 0 Å². The number of nitrogens with one attached hydrogen (secondary N) is 2. The molecule has 0 saturated carbocycles. The molecule has 0 spiro atoms. The molecular formula is C6H16N2O. The summed E-state index contributed by atoms with van der Waals surface area (Å²) in [5, 5.41) is 15.0. The predicted molar refractivity (Wildman–Crippen MR) is 38.5 cm³/mol. The van der Waals surface area contributed by atoms with Crippen LogP contribution in [0.3, 0.4) is 0 Å². The van der Waals surface area contributed by atoms with Crippen molar-refractivity contribution in [3.8, 4) is 0 Å². The molecule has 0 rings (SSSR count). The normalized spacial score (nSPS) is 17.3. The summed E-state index contributed by atoms with van der Waals surface area (Å²) in [5.74, 6) is 0. The third kappa shape index (κ3) is 3.46. The summed E-state index contributed by atoms with van der Waals surface area (Å²) in [6.45, 7) is 2.59. The fourth-order valence-corrected chi connectivity index (χ4v) is 0.578. The molecule has 0 aliphatic heterocycles. The molecule has 0 aromatic heterocycles. The van der Waals surface area contributed by atoms with Crippen LogP contribution in [0.2, 0.25) is 0 Å². The molecule has 0 aromatic carbocycles. The Kier molecular flexibility index (Phi) is 4.67. The van der Waals surface area contributed by atoms with Gasteiger partial charge in [-0.2, -0.15) is 0 Å². The van der Waals surface area contributed by atoms with Gasteiger partial charge in [-0.25, -0.2) is 0 Å². The Morgan fingerprint density at radius 1 is 1.44 bits per heavy atom. The van der Waals surface area contributed by atoms with Crippen molar-refractivity contribution >= 4 is 0 Å². The number of rotatable bonds is 4. The zero-order valence-corrected chi connectivity index (χ0v) is 6.31. The lowest BCUT2D eigenvalue weighted by molar-refractivity contribution is 0.138. The van der Waals surface area contributed by atoms with Crippen molar-refractivity contribution in [1.82, 2.24) is 10.6 Å². The zero-order chi connectivity index (χ0) is 7.28. The smallest absolute Gasteiger partial charge is 0.0814 e. The van der Waals surface area contributed by atoms with E-state index in [1.165, 1.54) is 0 Å². The minimum absolute atomic E-state index is 0.164. The van der Waals surface area contributed by atoms with Crippen LogP contribution in [0.25, 0.3) is 0 Å². The maximum atomic E-state index is 9.19.